The number of nitrogens with two attached hydrogens (primary N) is 1. The first-order chi connectivity index (χ1) is 14.4. The lowest BCUT2D eigenvalue weighted by molar-refractivity contribution is -0.118. The summed E-state index contributed by atoms with van der Waals surface area (Å²) in [5.41, 5.74) is 5.93. The van der Waals surface area contributed by atoms with E-state index in [2.05, 4.69) is 20.6 Å². The van der Waals surface area contributed by atoms with Crippen molar-refractivity contribution in [1.82, 2.24) is 20.0 Å². The molecule has 2 fully saturated rings. The Morgan fingerprint density at radius 2 is 2.06 bits per heavy atom. The number of nitrogens with one attached hydrogen (secondary N) is 2. The summed E-state index contributed by atoms with van der Waals surface area (Å²) >= 11 is 5.84. The summed E-state index contributed by atoms with van der Waals surface area (Å²) in [6.07, 6.45) is 5.02. The molecule has 0 saturated heterocycles. The molecule has 0 aliphatic heterocycles. The van der Waals surface area contributed by atoms with Gasteiger partial charge >= 0.3 is 0 Å². The van der Waals surface area contributed by atoms with E-state index >= 15 is 0 Å². The number of rotatable bonds is 9. The van der Waals surface area contributed by atoms with Gasteiger partial charge < -0.3 is 15.8 Å². The molecule has 2 aliphatic carbocycles. The van der Waals surface area contributed by atoms with Crippen molar-refractivity contribution in [3.8, 4) is 0 Å². The maximum atomic E-state index is 14.3. The van der Waals surface area contributed by atoms with E-state index < -0.39 is 29.6 Å². The van der Waals surface area contributed by atoms with E-state index in [0.717, 1.165) is 25.7 Å². The third-order valence-corrected chi connectivity index (χ3v) is 6.00. The predicted molar refractivity (Wildman–Crippen MR) is 115 cm³/mol. The molecule has 9 nitrogen and oxygen atoms in total. The van der Waals surface area contributed by atoms with Crippen molar-refractivity contribution in [1.29, 1.82) is 0 Å². The monoisotopic (exact) mass is 474 g/mol. The number of nitrogens with zero attached hydrogens (tertiary/aromatic N) is 3. The van der Waals surface area contributed by atoms with Gasteiger partial charge in [0.25, 0.3) is 11.5 Å². The van der Waals surface area contributed by atoms with Gasteiger partial charge in [0.2, 0.25) is 5.91 Å². The first-order valence-electron chi connectivity index (χ1n) is 9.94. The zero-order chi connectivity index (χ0) is 21.4. The predicted octanol–water partition coefficient (Wildman–Crippen LogP) is 2.27. The highest BCUT2D eigenvalue weighted by Gasteiger charge is 2.46. The quantitative estimate of drug-likeness (QED) is 0.511. The van der Waals surface area contributed by atoms with Crippen LogP contribution in [0.25, 0.3) is 0 Å². The fourth-order valence-corrected chi connectivity index (χ4v) is 4.16. The standard InChI is InChI=1S/C19H24ClFN6O3.ClH/c1-30-13(11-6-14(20)24-25-18(11)28)8-27-7-12(17(21)26-27)23-19(29)16(22)15(9-2-3-9)10-4-5-10;/h6-7,9-10,13,15-16H,2-5,8,22H2,1H3,(H,23,29)(H,25,28);1H/t13?,16-;/m0./s1. The highest BCUT2D eigenvalue weighted by atomic mass is 35.5. The molecule has 170 valence electrons. The van der Waals surface area contributed by atoms with E-state index in [-0.39, 0.29) is 41.3 Å². The summed E-state index contributed by atoms with van der Waals surface area (Å²) in [5.74, 6) is -0.0828. The van der Waals surface area contributed by atoms with Crippen LogP contribution in [0, 0.1) is 23.7 Å². The molecule has 4 N–H and O–H groups in total. The Morgan fingerprint density at radius 3 is 2.65 bits per heavy atom. The van der Waals surface area contributed by atoms with Crippen molar-refractivity contribution in [2.45, 2.75) is 44.4 Å². The number of methoxy groups -OCH3 is 1. The number of ether oxygens (including phenoxy) is 1. The minimum Gasteiger partial charge on any atom is -0.375 e. The van der Waals surface area contributed by atoms with Crippen LogP contribution >= 0.6 is 24.0 Å². The summed E-state index contributed by atoms with van der Waals surface area (Å²) in [7, 11) is 1.41. The van der Waals surface area contributed by atoms with E-state index in [0.29, 0.717) is 11.8 Å². The lowest BCUT2D eigenvalue weighted by atomic mass is 9.89. The normalized spacial score (nSPS) is 17.8. The zero-order valence-corrected chi connectivity index (χ0v) is 18.5. The number of carbonyl (C=O) groups excluding carboxylic acids is 1. The Hall–Kier alpha value is -2.01. The van der Waals surface area contributed by atoms with Crippen LogP contribution < -0.4 is 16.6 Å². The van der Waals surface area contributed by atoms with Crippen LogP contribution in [-0.4, -0.2) is 39.0 Å². The SMILES string of the molecule is COC(Cn1cc(NC(=O)[C@@H](N)C(C2CC2)C2CC2)c(F)n1)c1cc(Cl)n[nH]c1=O.Cl. The second kappa shape index (κ2) is 9.64. The van der Waals surface area contributed by atoms with Crippen molar-refractivity contribution in [3.63, 3.8) is 0 Å². The zero-order valence-electron chi connectivity index (χ0n) is 16.9. The fraction of sp³-hybridized carbons (Fsp3) is 0.579. The molecule has 0 spiro atoms. The van der Waals surface area contributed by atoms with E-state index in [1.807, 2.05) is 0 Å². The topological polar surface area (TPSA) is 128 Å². The maximum absolute atomic E-state index is 14.3. The van der Waals surface area contributed by atoms with E-state index in [1.165, 1.54) is 24.1 Å². The Labute approximate surface area is 189 Å². The number of aromatic amines is 1. The van der Waals surface area contributed by atoms with Gasteiger partial charge in [0.05, 0.1) is 24.3 Å². The van der Waals surface area contributed by atoms with Crippen LogP contribution in [0.2, 0.25) is 5.15 Å². The molecule has 12 heteroatoms. The van der Waals surface area contributed by atoms with Gasteiger partial charge in [0, 0.05) is 7.11 Å². The summed E-state index contributed by atoms with van der Waals surface area (Å²) in [4.78, 5) is 24.6. The third-order valence-electron chi connectivity index (χ3n) is 5.81. The van der Waals surface area contributed by atoms with Gasteiger partial charge in [-0.25, -0.2) is 5.10 Å². The minimum atomic E-state index is -0.832. The minimum absolute atomic E-state index is 0. The first kappa shape index (κ1) is 23.6. The molecule has 2 aliphatic rings. The number of anilines is 1. The first-order valence-corrected chi connectivity index (χ1v) is 10.3. The second-order valence-electron chi connectivity index (χ2n) is 8.02. The van der Waals surface area contributed by atoms with Crippen molar-refractivity contribution in [2.75, 3.05) is 12.4 Å². The molecule has 0 aromatic carbocycles. The van der Waals surface area contributed by atoms with Crippen molar-refractivity contribution < 1.29 is 13.9 Å². The molecule has 31 heavy (non-hydrogen) atoms. The van der Waals surface area contributed by atoms with Crippen molar-refractivity contribution in [2.24, 2.45) is 23.5 Å². The van der Waals surface area contributed by atoms with E-state index in [1.54, 1.807) is 0 Å². The van der Waals surface area contributed by atoms with Gasteiger partial charge in [-0.1, -0.05) is 11.6 Å². The summed E-state index contributed by atoms with van der Waals surface area (Å²) in [5, 5.41) is 12.3. The molecule has 2 atom stereocenters. The number of halogens is 3. The Kier molecular flexibility index (Phi) is 7.35. The number of hydrogen-bond acceptors (Lipinski definition) is 6. The molecule has 2 saturated carbocycles. The third kappa shape index (κ3) is 5.43. The van der Waals surface area contributed by atoms with Crippen LogP contribution in [0.15, 0.2) is 17.1 Å². The molecule has 4 rings (SSSR count). The Morgan fingerprint density at radius 1 is 1.42 bits per heavy atom. The number of carbonyl (C=O) groups is 1. The molecule has 2 aromatic heterocycles. The summed E-state index contributed by atoms with van der Waals surface area (Å²) in [6.45, 7) is 0.0333. The van der Waals surface area contributed by atoms with Crippen molar-refractivity contribution >= 4 is 35.6 Å². The van der Waals surface area contributed by atoms with Gasteiger partial charge in [0.15, 0.2) is 0 Å². The Balaban J connectivity index is 0.00000272. The largest absolute Gasteiger partial charge is 0.375 e. The average Bonchev–Trinajstić information content (AvgIpc) is 3.64. The van der Waals surface area contributed by atoms with Gasteiger partial charge in [0.1, 0.15) is 16.9 Å². The molecule has 0 bridgehead atoms. The number of hydrogen-bond donors (Lipinski definition) is 3. The molecular formula is C19H25Cl2FN6O3. The highest BCUT2D eigenvalue weighted by Crippen LogP contribution is 2.50. The highest BCUT2D eigenvalue weighted by molar-refractivity contribution is 6.29. The van der Waals surface area contributed by atoms with Crippen LogP contribution in [-0.2, 0) is 16.1 Å². The van der Waals surface area contributed by atoms with Crippen LogP contribution in [0.3, 0.4) is 0 Å². The van der Waals surface area contributed by atoms with E-state index in [4.69, 9.17) is 22.1 Å². The molecule has 1 unspecified atom stereocenters. The molecule has 2 aromatic rings. The van der Waals surface area contributed by atoms with Gasteiger partial charge in [-0.15, -0.1) is 17.5 Å². The molecule has 2 heterocycles. The van der Waals surface area contributed by atoms with Gasteiger partial charge in [-0.05, 0) is 49.5 Å². The average molecular weight is 475 g/mol. The lowest BCUT2D eigenvalue weighted by Crippen LogP contribution is -2.43. The van der Waals surface area contributed by atoms with Crippen molar-refractivity contribution in [3.05, 3.63) is 39.3 Å². The number of aromatic nitrogens is 4. The summed E-state index contributed by atoms with van der Waals surface area (Å²) < 4.78 is 21.0. The van der Waals surface area contributed by atoms with Crippen LogP contribution in [0.1, 0.15) is 37.4 Å². The molecule has 1 amide bonds. The van der Waals surface area contributed by atoms with Gasteiger partial charge in [-0.3, -0.25) is 14.3 Å². The fourth-order valence-electron chi connectivity index (χ4n) is 4.00. The second-order valence-corrected chi connectivity index (χ2v) is 8.41. The maximum Gasteiger partial charge on any atom is 0.270 e. The van der Waals surface area contributed by atoms with Gasteiger partial charge in [-0.2, -0.15) is 9.49 Å². The van der Waals surface area contributed by atoms with E-state index in [9.17, 15) is 14.0 Å². The molecule has 0 radical (unpaired) electrons. The lowest BCUT2D eigenvalue weighted by Gasteiger charge is -2.22. The Bertz CT molecular complexity index is 979. The number of amides is 1. The van der Waals surface area contributed by atoms with Crippen LogP contribution in [0.4, 0.5) is 10.1 Å². The molecular weight excluding hydrogens is 450 g/mol. The van der Waals surface area contributed by atoms with Crippen LogP contribution in [0.5, 0.6) is 0 Å². The number of H-pyrrole nitrogens is 1. The smallest absolute Gasteiger partial charge is 0.270 e. The summed E-state index contributed by atoms with van der Waals surface area (Å²) in [6, 6.07) is 0.712.